The molecule has 5 heteroatoms. The van der Waals surface area contributed by atoms with Crippen LogP contribution in [0.25, 0.3) is 11.0 Å². The zero-order chi connectivity index (χ0) is 18.5. The number of hydrogen-bond donors (Lipinski definition) is 2. The zero-order valence-corrected chi connectivity index (χ0v) is 15.5. The molecule has 0 unspecified atom stereocenters. The fraction of sp³-hybridized carbons (Fsp3) is 0.364. The Morgan fingerprint density at radius 1 is 1.07 bits per heavy atom. The molecular weight excluding hydrogens is 336 g/mol. The predicted molar refractivity (Wildman–Crippen MR) is 107 cm³/mol. The maximum Gasteiger partial charge on any atom is 0.223 e. The van der Waals surface area contributed by atoms with E-state index in [9.17, 15) is 4.79 Å². The smallest absolute Gasteiger partial charge is 0.223 e. The SMILES string of the molecule is O=C(NCCc1nc2ccccc2[nH]1)C1CCN(Cc2ccccc2)CC1. The van der Waals surface area contributed by atoms with Crippen LogP contribution in [-0.2, 0) is 17.8 Å². The first-order valence-corrected chi connectivity index (χ1v) is 9.75. The molecule has 3 aromatic rings. The summed E-state index contributed by atoms with van der Waals surface area (Å²) in [6, 6.07) is 18.5. The topological polar surface area (TPSA) is 61.0 Å². The lowest BCUT2D eigenvalue weighted by molar-refractivity contribution is -0.126. The Labute approximate surface area is 159 Å². The van der Waals surface area contributed by atoms with Crippen molar-refractivity contribution in [2.24, 2.45) is 5.92 Å². The molecule has 0 radical (unpaired) electrons. The predicted octanol–water partition coefficient (Wildman–Crippen LogP) is 3.13. The maximum absolute atomic E-state index is 12.5. The lowest BCUT2D eigenvalue weighted by Gasteiger charge is -2.31. The molecule has 0 bridgehead atoms. The first-order chi connectivity index (χ1) is 13.3. The summed E-state index contributed by atoms with van der Waals surface area (Å²) in [7, 11) is 0. The second-order valence-corrected chi connectivity index (χ2v) is 7.28. The van der Waals surface area contributed by atoms with Crippen LogP contribution < -0.4 is 5.32 Å². The minimum absolute atomic E-state index is 0.132. The summed E-state index contributed by atoms with van der Waals surface area (Å²) in [5, 5.41) is 3.09. The summed E-state index contributed by atoms with van der Waals surface area (Å²) in [6.07, 6.45) is 2.60. The number of amides is 1. The van der Waals surface area contributed by atoms with E-state index in [1.807, 2.05) is 30.3 Å². The summed E-state index contributed by atoms with van der Waals surface area (Å²) < 4.78 is 0. The van der Waals surface area contributed by atoms with Crippen molar-refractivity contribution in [1.29, 1.82) is 0 Å². The van der Waals surface area contributed by atoms with E-state index in [0.29, 0.717) is 6.54 Å². The number of carbonyl (C=O) groups is 1. The molecule has 1 aliphatic heterocycles. The van der Waals surface area contributed by atoms with Gasteiger partial charge in [-0.15, -0.1) is 0 Å². The van der Waals surface area contributed by atoms with E-state index in [1.165, 1.54) is 5.56 Å². The second kappa shape index (κ2) is 8.35. The number of nitrogens with zero attached hydrogens (tertiary/aromatic N) is 2. The van der Waals surface area contributed by atoms with E-state index in [4.69, 9.17) is 0 Å². The highest BCUT2D eigenvalue weighted by Crippen LogP contribution is 2.19. The van der Waals surface area contributed by atoms with E-state index in [2.05, 4.69) is 44.5 Å². The minimum Gasteiger partial charge on any atom is -0.355 e. The van der Waals surface area contributed by atoms with Gasteiger partial charge in [-0.2, -0.15) is 0 Å². The summed E-state index contributed by atoms with van der Waals surface area (Å²) >= 11 is 0. The third kappa shape index (κ3) is 4.55. The van der Waals surface area contributed by atoms with Crippen LogP contribution in [0.15, 0.2) is 54.6 Å². The van der Waals surface area contributed by atoms with Crippen molar-refractivity contribution in [3.63, 3.8) is 0 Å². The number of rotatable bonds is 6. The molecule has 0 aliphatic carbocycles. The van der Waals surface area contributed by atoms with Gasteiger partial charge < -0.3 is 10.3 Å². The first kappa shape index (κ1) is 17.7. The Hall–Kier alpha value is -2.66. The Bertz CT molecular complexity index is 848. The number of aromatic amines is 1. The molecule has 2 heterocycles. The number of fused-ring (bicyclic) bond motifs is 1. The van der Waals surface area contributed by atoms with Gasteiger partial charge >= 0.3 is 0 Å². The van der Waals surface area contributed by atoms with E-state index in [-0.39, 0.29) is 11.8 Å². The van der Waals surface area contributed by atoms with Crippen molar-refractivity contribution in [2.75, 3.05) is 19.6 Å². The van der Waals surface area contributed by atoms with Crippen molar-refractivity contribution in [3.8, 4) is 0 Å². The lowest BCUT2D eigenvalue weighted by Crippen LogP contribution is -2.40. The second-order valence-electron chi connectivity index (χ2n) is 7.28. The number of nitrogens with one attached hydrogen (secondary N) is 2. The van der Waals surface area contributed by atoms with E-state index >= 15 is 0 Å². The van der Waals surface area contributed by atoms with Crippen LogP contribution in [0.3, 0.4) is 0 Å². The van der Waals surface area contributed by atoms with E-state index < -0.39 is 0 Å². The Morgan fingerprint density at radius 2 is 1.81 bits per heavy atom. The molecule has 1 aliphatic rings. The highest BCUT2D eigenvalue weighted by Gasteiger charge is 2.24. The highest BCUT2D eigenvalue weighted by molar-refractivity contribution is 5.78. The molecule has 0 saturated carbocycles. The van der Waals surface area contributed by atoms with Crippen LogP contribution in [0.1, 0.15) is 24.2 Å². The van der Waals surface area contributed by atoms with Gasteiger partial charge in [-0.05, 0) is 43.6 Å². The number of carbonyl (C=O) groups excluding carboxylic acids is 1. The molecule has 2 N–H and O–H groups in total. The van der Waals surface area contributed by atoms with Crippen LogP contribution >= 0.6 is 0 Å². The number of piperidine rings is 1. The molecule has 0 spiro atoms. The molecule has 140 valence electrons. The summed E-state index contributed by atoms with van der Waals surface area (Å²) in [5.41, 5.74) is 3.36. The van der Waals surface area contributed by atoms with Gasteiger partial charge in [0, 0.05) is 25.4 Å². The number of imidazole rings is 1. The average molecular weight is 362 g/mol. The molecule has 1 saturated heterocycles. The van der Waals surface area contributed by atoms with Gasteiger partial charge in [-0.1, -0.05) is 42.5 Å². The Kier molecular flexibility index (Phi) is 5.49. The standard InChI is InChI=1S/C22H26N4O/c27-22(23-13-10-21-24-19-8-4-5-9-20(19)25-21)18-11-14-26(15-12-18)16-17-6-2-1-3-7-17/h1-9,18H,10-16H2,(H,23,27)(H,24,25). The maximum atomic E-state index is 12.5. The molecule has 2 aromatic carbocycles. The quantitative estimate of drug-likeness (QED) is 0.708. The molecule has 1 aromatic heterocycles. The Morgan fingerprint density at radius 3 is 2.59 bits per heavy atom. The molecular formula is C22H26N4O. The van der Waals surface area contributed by atoms with Crippen LogP contribution in [0.4, 0.5) is 0 Å². The normalized spacial score (nSPS) is 15.9. The van der Waals surface area contributed by atoms with Crippen molar-refractivity contribution >= 4 is 16.9 Å². The van der Waals surface area contributed by atoms with Gasteiger partial charge in [-0.3, -0.25) is 9.69 Å². The number of para-hydroxylation sites is 2. The van der Waals surface area contributed by atoms with Crippen LogP contribution in [0.2, 0.25) is 0 Å². The third-order valence-electron chi connectivity index (χ3n) is 5.31. The van der Waals surface area contributed by atoms with Crippen LogP contribution in [0, 0.1) is 5.92 Å². The number of likely N-dealkylation sites (tertiary alicyclic amines) is 1. The Balaban J connectivity index is 1.20. The van der Waals surface area contributed by atoms with Gasteiger partial charge in [0.05, 0.1) is 11.0 Å². The van der Waals surface area contributed by atoms with Gasteiger partial charge in [-0.25, -0.2) is 4.98 Å². The van der Waals surface area contributed by atoms with Crippen molar-refractivity contribution in [2.45, 2.75) is 25.8 Å². The van der Waals surface area contributed by atoms with Crippen molar-refractivity contribution < 1.29 is 4.79 Å². The molecule has 27 heavy (non-hydrogen) atoms. The van der Waals surface area contributed by atoms with Crippen molar-refractivity contribution in [3.05, 3.63) is 66.0 Å². The average Bonchev–Trinajstić information content (AvgIpc) is 3.12. The zero-order valence-electron chi connectivity index (χ0n) is 15.5. The number of H-pyrrole nitrogens is 1. The number of aromatic nitrogens is 2. The summed E-state index contributed by atoms with van der Waals surface area (Å²) in [4.78, 5) is 22.8. The first-order valence-electron chi connectivity index (χ1n) is 9.75. The van der Waals surface area contributed by atoms with E-state index in [1.54, 1.807) is 0 Å². The number of hydrogen-bond acceptors (Lipinski definition) is 3. The minimum atomic E-state index is 0.132. The summed E-state index contributed by atoms with van der Waals surface area (Å²) in [5.74, 6) is 1.24. The van der Waals surface area contributed by atoms with Crippen LogP contribution in [-0.4, -0.2) is 40.4 Å². The summed E-state index contributed by atoms with van der Waals surface area (Å²) in [6.45, 7) is 3.57. The van der Waals surface area contributed by atoms with Crippen molar-refractivity contribution in [1.82, 2.24) is 20.2 Å². The van der Waals surface area contributed by atoms with Gasteiger partial charge in [0.2, 0.25) is 5.91 Å². The van der Waals surface area contributed by atoms with Crippen LogP contribution in [0.5, 0.6) is 0 Å². The fourth-order valence-corrected chi connectivity index (χ4v) is 3.77. The molecule has 1 amide bonds. The molecule has 1 fully saturated rings. The van der Waals surface area contributed by atoms with E-state index in [0.717, 1.165) is 55.8 Å². The van der Waals surface area contributed by atoms with Gasteiger partial charge in [0.15, 0.2) is 0 Å². The molecule has 5 nitrogen and oxygen atoms in total. The highest BCUT2D eigenvalue weighted by atomic mass is 16.1. The lowest BCUT2D eigenvalue weighted by atomic mass is 9.95. The van der Waals surface area contributed by atoms with Gasteiger partial charge in [0.1, 0.15) is 5.82 Å². The largest absolute Gasteiger partial charge is 0.355 e. The van der Waals surface area contributed by atoms with Gasteiger partial charge in [0.25, 0.3) is 0 Å². The third-order valence-corrected chi connectivity index (χ3v) is 5.31. The monoisotopic (exact) mass is 362 g/mol. The molecule has 0 atom stereocenters. The number of benzene rings is 2. The molecule has 4 rings (SSSR count). The fourth-order valence-electron chi connectivity index (χ4n) is 3.77.